The van der Waals surface area contributed by atoms with Crippen LogP contribution in [0.25, 0.3) is 0 Å². The smallest absolute Gasteiger partial charge is 0.170 e. The number of nitrogens with zero attached hydrogens (tertiary/aromatic N) is 1. The number of ether oxygens (including phenoxy) is 2. The minimum atomic E-state index is -0.0679. The average molecular weight is 258 g/mol. The van der Waals surface area contributed by atoms with Crippen LogP contribution in [0.4, 0.5) is 0 Å². The minimum Gasteiger partial charge on any atom is -0.352 e. The predicted molar refractivity (Wildman–Crippen MR) is 74.7 cm³/mol. The van der Waals surface area contributed by atoms with E-state index in [1.165, 1.54) is 32.5 Å². The second kappa shape index (κ2) is 9.73. The fraction of sp³-hybridized carbons (Fsp3) is 1.00. The molecule has 4 heteroatoms. The highest BCUT2D eigenvalue weighted by molar-refractivity contribution is 4.72. The van der Waals surface area contributed by atoms with E-state index in [2.05, 4.69) is 17.1 Å². The molecule has 1 fully saturated rings. The Balaban J connectivity index is 2.33. The number of hydrogen-bond acceptors (Lipinski definition) is 4. The second-order valence-corrected chi connectivity index (χ2v) is 4.89. The monoisotopic (exact) mass is 258 g/mol. The molecule has 1 rings (SSSR count). The number of hydrogen-bond donors (Lipinski definition) is 1. The van der Waals surface area contributed by atoms with E-state index in [0.29, 0.717) is 0 Å². The van der Waals surface area contributed by atoms with Crippen molar-refractivity contribution >= 4 is 0 Å². The third-order valence-corrected chi connectivity index (χ3v) is 3.53. The summed E-state index contributed by atoms with van der Waals surface area (Å²) in [6.07, 6.45) is 2.52. The van der Waals surface area contributed by atoms with Gasteiger partial charge in [0.1, 0.15) is 0 Å². The summed E-state index contributed by atoms with van der Waals surface area (Å²) in [4.78, 5) is 2.46. The van der Waals surface area contributed by atoms with Gasteiger partial charge in [-0.2, -0.15) is 0 Å². The summed E-state index contributed by atoms with van der Waals surface area (Å²) in [5.41, 5.74) is 0. The van der Waals surface area contributed by atoms with Crippen molar-refractivity contribution < 1.29 is 9.47 Å². The van der Waals surface area contributed by atoms with Crippen molar-refractivity contribution in [3.8, 4) is 0 Å². The van der Waals surface area contributed by atoms with Gasteiger partial charge in [-0.05, 0) is 52.2 Å². The molecular formula is C14H30N2O2. The van der Waals surface area contributed by atoms with Crippen LogP contribution >= 0.6 is 0 Å². The molecule has 0 aromatic heterocycles. The minimum absolute atomic E-state index is 0.0679. The van der Waals surface area contributed by atoms with Crippen molar-refractivity contribution in [3.05, 3.63) is 0 Å². The summed E-state index contributed by atoms with van der Waals surface area (Å²) in [6.45, 7) is 13.2. The Bertz CT molecular complexity index is 190. The van der Waals surface area contributed by atoms with Crippen molar-refractivity contribution in [1.82, 2.24) is 10.2 Å². The lowest BCUT2D eigenvalue weighted by Crippen LogP contribution is -2.41. The summed E-state index contributed by atoms with van der Waals surface area (Å²) in [5, 5.41) is 3.42. The van der Waals surface area contributed by atoms with Gasteiger partial charge in [-0.15, -0.1) is 0 Å². The summed E-state index contributed by atoms with van der Waals surface area (Å²) < 4.78 is 11.3. The molecular weight excluding hydrogens is 228 g/mol. The molecule has 0 aliphatic carbocycles. The first-order chi connectivity index (χ1) is 8.80. The number of nitrogens with one attached hydrogen (secondary N) is 1. The highest BCUT2D eigenvalue weighted by atomic mass is 16.7. The molecule has 1 aliphatic rings. The maximum atomic E-state index is 5.63. The fourth-order valence-electron chi connectivity index (χ4n) is 2.50. The van der Waals surface area contributed by atoms with Crippen LogP contribution in [0, 0.1) is 5.92 Å². The van der Waals surface area contributed by atoms with E-state index in [4.69, 9.17) is 9.47 Å². The number of piperidine rings is 1. The van der Waals surface area contributed by atoms with E-state index in [1.54, 1.807) is 0 Å². The van der Waals surface area contributed by atoms with Crippen molar-refractivity contribution in [3.63, 3.8) is 0 Å². The molecule has 1 aliphatic heterocycles. The Hall–Kier alpha value is -0.160. The molecule has 0 spiro atoms. The van der Waals surface area contributed by atoms with Crippen LogP contribution in [-0.4, -0.2) is 57.1 Å². The molecule has 0 atom stereocenters. The molecule has 0 bridgehead atoms. The summed E-state index contributed by atoms with van der Waals surface area (Å²) in [7, 11) is 0. The van der Waals surface area contributed by atoms with Gasteiger partial charge in [0.25, 0.3) is 0 Å². The van der Waals surface area contributed by atoms with Crippen molar-refractivity contribution in [2.45, 2.75) is 39.9 Å². The van der Waals surface area contributed by atoms with Gasteiger partial charge < -0.3 is 14.8 Å². The van der Waals surface area contributed by atoms with Gasteiger partial charge in [-0.25, -0.2) is 0 Å². The standard InChI is InChI=1S/C14H30N2O2/c1-4-16(11-13-7-9-15-10-8-13)12-14(17-5-2)18-6-3/h13-15H,4-12H2,1-3H3. The Morgan fingerprint density at radius 1 is 1.11 bits per heavy atom. The summed E-state index contributed by atoms with van der Waals surface area (Å²) in [6, 6.07) is 0. The molecule has 0 aromatic carbocycles. The van der Waals surface area contributed by atoms with E-state index in [9.17, 15) is 0 Å². The highest BCUT2D eigenvalue weighted by Gasteiger charge is 2.19. The second-order valence-electron chi connectivity index (χ2n) is 4.89. The average Bonchev–Trinajstić information content (AvgIpc) is 2.39. The maximum Gasteiger partial charge on any atom is 0.170 e. The van der Waals surface area contributed by atoms with Gasteiger partial charge in [-0.3, -0.25) is 4.90 Å². The molecule has 0 aromatic rings. The third kappa shape index (κ3) is 6.14. The zero-order chi connectivity index (χ0) is 13.2. The van der Waals surface area contributed by atoms with E-state index in [-0.39, 0.29) is 6.29 Å². The molecule has 4 nitrogen and oxygen atoms in total. The van der Waals surface area contributed by atoms with E-state index in [0.717, 1.165) is 32.2 Å². The van der Waals surface area contributed by atoms with E-state index < -0.39 is 0 Å². The summed E-state index contributed by atoms with van der Waals surface area (Å²) >= 11 is 0. The van der Waals surface area contributed by atoms with Crippen LogP contribution in [0.2, 0.25) is 0 Å². The number of rotatable bonds is 9. The summed E-state index contributed by atoms with van der Waals surface area (Å²) in [5.74, 6) is 0.829. The van der Waals surface area contributed by atoms with Gasteiger partial charge >= 0.3 is 0 Å². The molecule has 1 N–H and O–H groups in total. The van der Waals surface area contributed by atoms with Gasteiger partial charge in [-0.1, -0.05) is 6.92 Å². The zero-order valence-corrected chi connectivity index (χ0v) is 12.3. The Morgan fingerprint density at radius 3 is 2.22 bits per heavy atom. The fourth-order valence-corrected chi connectivity index (χ4v) is 2.50. The van der Waals surface area contributed by atoms with E-state index >= 15 is 0 Å². The first-order valence-electron chi connectivity index (χ1n) is 7.46. The van der Waals surface area contributed by atoms with Crippen LogP contribution in [0.3, 0.4) is 0 Å². The van der Waals surface area contributed by atoms with Crippen LogP contribution in [0.5, 0.6) is 0 Å². The Morgan fingerprint density at radius 2 is 1.72 bits per heavy atom. The quantitative estimate of drug-likeness (QED) is 0.638. The molecule has 108 valence electrons. The van der Waals surface area contributed by atoms with Crippen LogP contribution in [0.1, 0.15) is 33.6 Å². The van der Waals surface area contributed by atoms with Crippen LogP contribution < -0.4 is 5.32 Å². The van der Waals surface area contributed by atoms with Gasteiger partial charge in [0.2, 0.25) is 0 Å². The Kier molecular flexibility index (Phi) is 8.59. The van der Waals surface area contributed by atoms with E-state index in [1.807, 2.05) is 13.8 Å². The topological polar surface area (TPSA) is 33.7 Å². The molecule has 1 saturated heterocycles. The first-order valence-corrected chi connectivity index (χ1v) is 7.46. The molecule has 1 heterocycles. The zero-order valence-electron chi connectivity index (χ0n) is 12.3. The van der Waals surface area contributed by atoms with Crippen LogP contribution in [-0.2, 0) is 9.47 Å². The molecule has 0 saturated carbocycles. The molecule has 18 heavy (non-hydrogen) atoms. The Labute approximate surface area is 112 Å². The van der Waals surface area contributed by atoms with Gasteiger partial charge in [0.15, 0.2) is 6.29 Å². The van der Waals surface area contributed by atoms with Crippen LogP contribution in [0.15, 0.2) is 0 Å². The first kappa shape index (κ1) is 15.9. The lowest BCUT2D eigenvalue weighted by Gasteiger charge is -2.31. The molecule has 0 unspecified atom stereocenters. The predicted octanol–water partition coefficient (Wildman–Crippen LogP) is 1.71. The highest BCUT2D eigenvalue weighted by Crippen LogP contribution is 2.14. The lowest BCUT2D eigenvalue weighted by molar-refractivity contribution is -0.147. The maximum absolute atomic E-state index is 5.63. The third-order valence-electron chi connectivity index (χ3n) is 3.53. The lowest BCUT2D eigenvalue weighted by atomic mass is 9.97. The van der Waals surface area contributed by atoms with Gasteiger partial charge in [0.05, 0.1) is 0 Å². The van der Waals surface area contributed by atoms with Crippen molar-refractivity contribution in [2.24, 2.45) is 5.92 Å². The van der Waals surface area contributed by atoms with Crippen molar-refractivity contribution in [2.75, 3.05) is 45.9 Å². The van der Waals surface area contributed by atoms with Gasteiger partial charge in [0, 0.05) is 26.3 Å². The molecule has 0 radical (unpaired) electrons. The SMILES string of the molecule is CCOC(CN(CC)CC1CCNCC1)OCC. The largest absolute Gasteiger partial charge is 0.352 e. The number of likely N-dealkylation sites (N-methyl/N-ethyl adjacent to an activating group) is 1. The normalized spacial score (nSPS) is 17.8. The van der Waals surface area contributed by atoms with Crippen molar-refractivity contribution in [1.29, 1.82) is 0 Å². The molecule has 0 amide bonds.